The van der Waals surface area contributed by atoms with Gasteiger partial charge in [0.25, 0.3) is 0 Å². The first-order valence-corrected chi connectivity index (χ1v) is 4.34. The fourth-order valence-corrected chi connectivity index (χ4v) is 0. The second kappa shape index (κ2) is 1.72. The van der Waals surface area contributed by atoms with Crippen molar-refractivity contribution in [2.75, 3.05) is 6.26 Å². The quantitative estimate of drug-likeness (QED) is 0.405. The molecule has 0 aromatic carbocycles. The molecule has 0 spiro atoms. The molecule has 0 aliphatic heterocycles. The first-order valence-electron chi connectivity index (χ1n) is 1.45. The molecule has 0 aliphatic rings. The van der Waals surface area contributed by atoms with Crippen LogP contribution in [0.3, 0.4) is 0 Å². The van der Waals surface area contributed by atoms with E-state index < -0.39 is 10.0 Å². The second-order valence-electron chi connectivity index (χ2n) is 0.976. The molecule has 0 unspecified atom stereocenters. The highest BCUT2D eigenvalue weighted by atomic mass is 32.2. The van der Waals surface area contributed by atoms with Gasteiger partial charge < -0.3 is 0 Å². The molecule has 0 heterocycles. The van der Waals surface area contributed by atoms with Crippen LogP contribution < -0.4 is 4.39 Å². The number of rotatable bonds is 1. The van der Waals surface area contributed by atoms with Crippen LogP contribution in [-0.2, 0) is 10.0 Å². The van der Waals surface area contributed by atoms with Crippen LogP contribution in [0.1, 0.15) is 0 Å². The van der Waals surface area contributed by atoms with Crippen molar-refractivity contribution < 1.29 is 8.42 Å². The van der Waals surface area contributed by atoms with Gasteiger partial charge in [0.15, 0.2) is 0 Å². The zero-order valence-electron chi connectivity index (χ0n) is 3.72. The molecule has 0 amide bonds. The zero-order valence-corrected chi connectivity index (χ0v) is 6.54. The number of hydrogen-bond acceptors (Lipinski definition) is 2. The number of hydrogen-bond donors (Lipinski definition) is 1. The monoisotopic (exact) mass is 125 g/mol. The Labute approximate surface area is 40.3 Å². The van der Waals surface area contributed by atoms with Gasteiger partial charge in [-0.15, -0.1) is 0 Å². The lowest BCUT2D eigenvalue weighted by Gasteiger charge is -1.85. The summed E-state index contributed by atoms with van der Waals surface area (Å²) in [5.41, 5.74) is 0. The van der Waals surface area contributed by atoms with Gasteiger partial charge >= 0.3 is 0 Å². The van der Waals surface area contributed by atoms with Crippen LogP contribution in [0.5, 0.6) is 0 Å². The molecule has 0 atom stereocenters. The van der Waals surface area contributed by atoms with Gasteiger partial charge in [-0.25, -0.2) is 12.8 Å². The Morgan fingerprint density at radius 2 is 1.83 bits per heavy atom. The minimum absolute atomic E-state index is 0.510. The molecule has 0 rings (SSSR count). The van der Waals surface area contributed by atoms with E-state index in [1.54, 1.807) is 0 Å². The van der Waals surface area contributed by atoms with Crippen molar-refractivity contribution in [3.63, 3.8) is 0 Å². The Hall–Kier alpha value is 0.127. The number of sulfonamides is 1. The average Bonchev–Trinajstić information content (AvgIpc) is 1.35. The Kier molecular flexibility index (Phi) is 1.76. The van der Waals surface area contributed by atoms with Gasteiger partial charge in [-0.05, 0) is 0 Å². The van der Waals surface area contributed by atoms with E-state index in [0.717, 1.165) is 6.26 Å². The summed E-state index contributed by atoms with van der Waals surface area (Å²) >= 11 is 0. The molecule has 38 valence electrons. The van der Waals surface area contributed by atoms with Crippen LogP contribution in [0.4, 0.5) is 0 Å². The molecule has 0 aromatic rings. The van der Waals surface area contributed by atoms with E-state index in [4.69, 9.17) is 0 Å². The Morgan fingerprint density at radius 3 is 1.83 bits per heavy atom. The van der Waals surface area contributed by atoms with E-state index in [1.165, 1.54) is 0 Å². The minimum Gasteiger partial charge on any atom is -0.248 e. The van der Waals surface area contributed by atoms with Crippen molar-refractivity contribution in [1.29, 1.82) is 0 Å². The predicted octanol–water partition coefficient (Wildman–Crippen LogP) is -2.18. The van der Waals surface area contributed by atoms with Crippen LogP contribution in [0.15, 0.2) is 0 Å². The summed E-state index contributed by atoms with van der Waals surface area (Å²) in [6.07, 6.45) is 1.14. The topological polar surface area (TPSA) is 46.2 Å². The fourth-order valence-electron chi connectivity index (χ4n) is 0. The molecule has 0 radical (unpaired) electrons. The maximum atomic E-state index is 9.92. The van der Waals surface area contributed by atoms with E-state index in [1.807, 2.05) is 0 Å². The first kappa shape index (κ1) is 6.13. The summed E-state index contributed by atoms with van der Waals surface area (Å²) in [7, 11) is -2.34. The maximum absolute atomic E-state index is 9.92. The molecular weight excluding hydrogens is 118 g/mol. The van der Waals surface area contributed by atoms with Gasteiger partial charge in [0.05, 0.1) is 16.7 Å². The van der Waals surface area contributed by atoms with E-state index in [9.17, 15) is 8.42 Å². The fraction of sp³-hybridized carbons (Fsp3) is 1.00. The Bertz CT molecular complexity index is 116. The van der Waals surface area contributed by atoms with Crippen molar-refractivity contribution in [1.82, 2.24) is 4.39 Å². The van der Waals surface area contributed by atoms with Gasteiger partial charge in [-0.1, -0.05) is 0 Å². The summed E-state index contributed by atoms with van der Waals surface area (Å²) < 4.78 is 22.1. The molecule has 0 saturated carbocycles. The van der Waals surface area contributed by atoms with Crippen LogP contribution in [0, 0.1) is 0 Å². The molecule has 0 aromatic heterocycles. The van der Waals surface area contributed by atoms with Crippen molar-refractivity contribution in [3.05, 3.63) is 0 Å². The lowest BCUT2D eigenvalue weighted by atomic mass is 12.0. The lowest BCUT2D eigenvalue weighted by molar-refractivity contribution is 0.600. The molecule has 5 heteroatoms. The Morgan fingerprint density at radius 1 is 1.67 bits per heavy atom. The van der Waals surface area contributed by atoms with Crippen molar-refractivity contribution in [2.24, 2.45) is 0 Å². The summed E-state index contributed by atoms with van der Waals surface area (Å²) in [5, 5.41) is 0. The van der Waals surface area contributed by atoms with Gasteiger partial charge in [0.1, 0.15) is 0 Å². The predicted molar refractivity (Wildman–Crippen MR) is 27.9 cm³/mol. The summed E-state index contributed by atoms with van der Waals surface area (Å²) in [6, 6.07) is 0. The smallest absolute Gasteiger partial charge is 0.201 e. The molecule has 0 aliphatic carbocycles. The van der Waals surface area contributed by atoms with E-state index in [-0.39, 0.29) is 0 Å². The van der Waals surface area contributed by atoms with Gasteiger partial charge in [-0.2, -0.15) is 0 Å². The summed E-state index contributed by atoms with van der Waals surface area (Å²) in [5.74, 6) is 0. The van der Waals surface area contributed by atoms with E-state index in [2.05, 4.69) is 4.39 Å². The molecule has 6 heavy (non-hydrogen) atoms. The third-order valence-corrected chi connectivity index (χ3v) is 3.34. The van der Waals surface area contributed by atoms with E-state index >= 15 is 0 Å². The van der Waals surface area contributed by atoms with Crippen LogP contribution >= 0.6 is 0 Å². The average molecular weight is 125 g/mol. The molecule has 0 fully saturated rings. The minimum atomic E-state index is -2.85. The van der Waals surface area contributed by atoms with Crippen molar-refractivity contribution in [3.8, 4) is 0 Å². The number of nitrogens with one attached hydrogen (secondary N) is 1. The van der Waals surface area contributed by atoms with Gasteiger partial charge in [0, 0.05) is 0 Å². The SMILES string of the molecule is CS(=O)(=O)N[SiH3]. The third-order valence-electron chi connectivity index (χ3n) is 0.371. The van der Waals surface area contributed by atoms with E-state index in [0.29, 0.717) is 10.4 Å². The standard InChI is InChI=1S/CH7NO2SSi/c1-5(3,4)2-6/h2H,1,6H3. The molecule has 1 N–H and O–H groups in total. The van der Waals surface area contributed by atoms with Crippen LogP contribution in [0.25, 0.3) is 0 Å². The Balaban J connectivity index is 3.85. The normalized spacial score (nSPS) is 12.2. The van der Waals surface area contributed by atoms with Crippen molar-refractivity contribution >= 4 is 20.4 Å². The highest BCUT2D eigenvalue weighted by Crippen LogP contribution is 1.61. The van der Waals surface area contributed by atoms with Gasteiger partial charge in [0.2, 0.25) is 10.0 Å². The van der Waals surface area contributed by atoms with Crippen molar-refractivity contribution in [2.45, 2.75) is 0 Å². The first-order chi connectivity index (χ1) is 2.56. The highest BCUT2D eigenvalue weighted by molar-refractivity contribution is 7.89. The maximum Gasteiger partial charge on any atom is 0.201 e. The van der Waals surface area contributed by atoms with Crippen LogP contribution in [0.2, 0.25) is 0 Å². The lowest BCUT2D eigenvalue weighted by Crippen LogP contribution is -2.17. The zero-order chi connectivity index (χ0) is 5.21. The molecule has 0 saturated heterocycles. The second-order valence-corrected chi connectivity index (χ2v) is 4.15. The van der Waals surface area contributed by atoms with Crippen LogP contribution in [-0.4, -0.2) is 25.1 Å². The van der Waals surface area contributed by atoms with Gasteiger partial charge in [-0.3, -0.25) is 0 Å². The molecule has 0 bridgehead atoms. The summed E-state index contributed by atoms with van der Waals surface area (Å²) in [4.78, 5) is 0. The summed E-state index contributed by atoms with van der Waals surface area (Å²) in [6.45, 7) is 0. The highest BCUT2D eigenvalue weighted by Gasteiger charge is 1.87. The molecule has 3 nitrogen and oxygen atoms in total. The third kappa shape index (κ3) is 4.13. The molecular formula is CH7NO2SSi. The largest absolute Gasteiger partial charge is 0.248 e.